The molecule has 2 rings (SSSR count). The molecule has 23 heavy (non-hydrogen) atoms. The lowest BCUT2D eigenvalue weighted by Crippen LogP contribution is -2.14. The van der Waals surface area contributed by atoms with Gasteiger partial charge >= 0.3 is 0 Å². The van der Waals surface area contributed by atoms with Gasteiger partial charge in [0.2, 0.25) is 15.9 Å². The summed E-state index contributed by atoms with van der Waals surface area (Å²) in [6, 6.07) is 15.1. The molecule has 7 heteroatoms. The second-order valence-electron chi connectivity index (χ2n) is 4.88. The van der Waals surface area contributed by atoms with Crippen molar-refractivity contribution in [1.29, 1.82) is 0 Å². The minimum Gasteiger partial charge on any atom is -0.494 e. The molecule has 0 aliphatic carbocycles. The van der Waals surface area contributed by atoms with Gasteiger partial charge in [0, 0.05) is 12.1 Å². The molecule has 0 aromatic heterocycles. The van der Waals surface area contributed by atoms with Gasteiger partial charge < -0.3 is 10.1 Å². The molecule has 122 valence electrons. The number of para-hydroxylation sites is 1. The smallest absolute Gasteiger partial charge is 0.238 e. The fourth-order valence-corrected chi connectivity index (χ4v) is 2.41. The molecule has 0 spiro atoms. The standard InChI is InChI=1S/C16H18N2O4S/c17-23(20,21)15-10-8-13(9-11-15)18-16(19)7-4-12-22-14-5-2-1-3-6-14/h1-3,5-6,8-11H,4,7,12H2,(H,18,19)(H2,17,20,21). The highest BCUT2D eigenvalue weighted by Crippen LogP contribution is 2.13. The van der Waals surface area contributed by atoms with Crippen LogP contribution in [0.25, 0.3) is 0 Å². The lowest BCUT2D eigenvalue weighted by Gasteiger charge is -2.07. The summed E-state index contributed by atoms with van der Waals surface area (Å²) in [7, 11) is -3.72. The summed E-state index contributed by atoms with van der Waals surface area (Å²) in [5.41, 5.74) is 0.520. The average Bonchev–Trinajstić information content (AvgIpc) is 2.52. The van der Waals surface area contributed by atoms with E-state index < -0.39 is 10.0 Å². The van der Waals surface area contributed by atoms with Crippen molar-refractivity contribution in [2.75, 3.05) is 11.9 Å². The molecule has 2 aromatic rings. The number of benzene rings is 2. The molecule has 0 aliphatic heterocycles. The Balaban J connectivity index is 1.74. The van der Waals surface area contributed by atoms with Crippen LogP contribution in [0.2, 0.25) is 0 Å². The Bertz CT molecular complexity index is 743. The van der Waals surface area contributed by atoms with Gasteiger partial charge in [0.05, 0.1) is 11.5 Å². The minimum absolute atomic E-state index is 0.00626. The number of hydrogen-bond donors (Lipinski definition) is 2. The van der Waals surface area contributed by atoms with Crippen molar-refractivity contribution in [3.8, 4) is 5.75 Å². The molecule has 6 nitrogen and oxygen atoms in total. The van der Waals surface area contributed by atoms with E-state index >= 15 is 0 Å². The van der Waals surface area contributed by atoms with E-state index in [0.29, 0.717) is 25.1 Å². The van der Waals surface area contributed by atoms with Gasteiger partial charge in [0.15, 0.2) is 0 Å². The number of rotatable bonds is 7. The van der Waals surface area contributed by atoms with Crippen molar-refractivity contribution in [2.45, 2.75) is 17.7 Å². The molecular formula is C16H18N2O4S. The summed E-state index contributed by atoms with van der Waals surface area (Å²) in [5.74, 6) is 0.608. The van der Waals surface area contributed by atoms with Crippen molar-refractivity contribution in [2.24, 2.45) is 5.14 Å². The SMILES string of the molecule is NS(=O)(=O)c1ccc(NC(=O)CCCOc2ccccc2)cc1. The van der Waals surface area contributed by atoms with Gasteiger partial charge in [-0.05, 0) is 42.8 Å². The number of nitrogens with one attached hydrogen (secondary N) is 1. The summed E-state index contributed by atoms with van der Waals surface area (Å²) >= 11 is 0. The topological polar surface area (TPSA) is 98.5 Å². The van der Waals surface area contributed by atoms with Crippen LogP contribution in [0.3, 0.4) is 0 Å². The zero-order valence-corrected chi connectivity index (χ0v) is 13.3. The molecule has 0 heterocycles. The predicted octanol–water partition coefficient (Wildman–Crippen LogP) is 2.13. The molecule has 0 radical (unpaired) electrons. The van der Waals surface area contributed by atoms with Crippen molar-refractivity contribution < 1.29 is 17.9 Å². The quantitative estimate of drug-likeness (QED) is 0.758. The number of carbonyl (C=O) groups excluding carboxylic acids is 1. The van der Waals surface area contributed by atoms with Crippen molar-refractivity contribution >= 4 is 21.6 Å². The summed E-state index contributed by atoms with van der Waals surface area (Å²) < 4.78 is 27.8. The molecule has 2 aromatic carbocycles. The minimum atomic E-state index is -3.72. The molecule has 0 aliphatic rings. The van der Waals surface area contributed by atoms with Crippen molar-refractivity contribution in [3.05, 3.63) is 54.6 Å². The van der Waals surface area contributed by atoms with Crippen LogP contribution < -0.4 is 15.2 Å². The van der Waals surface area contributed by atoms with Gasteiger partial charge in [0.1, 0.15) is 5.75 Å². The van der Waals surface area contributed by atoms with Crippen molar-refractivity contribution in [3.63, 3.8) is 0 Å². The summed E-state index contributed by atoms with van der Waals surface area (Å²) in [6.45, 7) is 0.446. The van der Waals surface area contributed by atoms with E-state index in [2.05, 4.69) is 5.32 Å². The normalized spacial score (nSPS) is 11.0. The number of carbonyl (C=O) groups is 1. The molecule has 0 unspecified atom stereocenters. The van der Waals surface area contributed by atoms with Gasteiger partial charge in [-0.2, -0.15) is 0 Å². The molecule has 1 amide bonds. The Morgan fingerprint density at radius 2 is 1.70 bits per heavy atom. The number of nitrogens with two attached hydrogens (primary N) is 1. The van der Waals surface area contributed by atoms with E-state index in [-0.39, 0.29) is 10.8 Å². The second-order valence-corrected chi connectivity index (χ2v) is 6.44. The Morgan fingerprint density at radius 1 is 1.04 bits per heavy atom. The second kappa shape index (κ2) is 7.75. The number of sulfonamides is 1. The predicted molar refractivity (Wildman–Crippen MR) is 87.6 cm³/mol. The van der Waals surface area contributed by atoms with Crippen LogP contribution in [0.15, 0.2) is 59.5 Å². The van der Waals surface area contributed by atoms with Gasteiger partial charge in [-0.1, -0.05) is 18.2 Å². The van der Waals surface area contributed by atoms with Gasteiger partial charge in [-0.15, -0.1) is 0 Å². The highest BCUT2D eigenvalue weighted by molar-refractivity contribution is 7.89. The number of primary sulfonamides is 1. The van der Waals surface area contributed by atoms with Crippen LogP contribution in [-0.4, -0.2) is 20.9 Å². The summed E-state index contributed by atoms with van der Waals surface area (Å²) in [5, 5.41) is 7.70. The van der Waals surface area contributed by atoms with E-state index in [1.807, 2.05) is 30.3 Å². The highest BCUT2D eigenvalue weighted by atomic mass is 32.2. The monoisotopic (exact) mass is 334 g/mol. The maximum atomic E-state index is 11.8. The van der Waals surface area contributed by atoms with Crippen LogP contribution in [-0.2, 0) is 14.8 Å². The van der Waals surface area contributed by atoms with E-state index in [4.69, 9.17) is 9.88 Å². The molecule has 0 bridgehead atoms. The molecular weight excluding hydrogens is 316 g/mol. The van der Waals surface area contributed by atoms with Crippen molar-refractivity contribution in [1.82, 2.24) is 0 Å². The molecule has 0 saturated heterocycles. The van der Waals surface area contributed by atoms with Crippen LogP contribution in [0, 0.1) is 0 Å². The Hall–Kier alpha value is -2.38. The van der Waals surface area contributed by atoms with E-state index in [1.54, 1.807) is 0 Å². The largest absolute Gasteiger partial charge is 0.494 e. The molecule has 0 saturated carbocycles. The summed E-state index contributed by atoms with van der Waals surface area (Å²) in [6.07, 6.45) is 0.889. The fraction of sp³-hybridized carbons (Fsp3) is 0.188. The number of anilines is 1. The maximum absolute atomic E-state index is 11.8. The third kappa shape index (κ3) is 5.72. The van der Waals surface area contributed by atoms with Crippen LogP contribution in [0.4, 0.5) is 5.69 Å². The van der Waals surface area contributed by atoms with Crippen LogP contribution in [0.5, 0.6) is 5.75 Å². The van der Waals surface area contributed by atoms with E-state index in [9.17, 15) is 13.2 Å². The van der Waals surface area contributed by atoms with Crippen LogP contribution >= 0.6 is 0 Å². The average molecular weight is 334 g/mol. The van der Waals surface area contributed by atoms with Crippen LogP contribution in [0.1, 0.15) is 12.8 Å². The zero-order valence-electron chi connectivity index (χ0n) is 12.4. The zero-order chi connectivity index (χ0) is 16.7. The first kappa shape index (κ1) is 17.0. The fourth-order valence-electron chi connectivity index (χ4n) is 1.89. The van der Waals surface area contributed by atoms with Gasteiger partial charge in [-0.3, -0.25) is 4.79 Å². The maximum Gasteiger partial charge on any atom is 0.238 e. The molecule has 0 atom stereocenters. The number of amides is 1. The van der Waals surface area contributed by atoms with E-state index in [1.165, 1.54) is 24.3 Å². The van der Waals surface area contributed by atoms with E-state index in [0.717, 1.165) is 5.75 Å². The lowest BCUT2D eigenvalue weighted by atomic mass is 10.2. The lowest BCUT2D eigenvalue weighted by molar-refractivity contribution is -0.116. The number of ether oxygens (including phenoxy) is 1. The first-order chi connectivity index (χ1) is 10.9. The first-order valence-corrected chi connectivity index (χ1v) is 8.60. The summed E-state index contributed by atoms with van der Waals surface area (Å²) in [4.78, 5) is 11.8. The Kier molecular flexibility index (Phi) is 5.72. The Morgan fingerprint density at radius 3 is 2.30 bits per heavy atom. The third-order valence-electron chi connectivity index (χ3n) is 3.03. The van der Waals surface area contributed by atoms with Gasteiger partial charge in [0.25, 0.3) is 0 Å². The van der Waals surface area contributed by atoms with Gasteiger partial charge in [-0.25, -0.2) is 13.6 Å². The first-order valence-electron chi connectivity index (χ1n) is 7.06. The third-order valence-corrected chi connectivity index (χ3v) is 3.96. The number of hydrogen-bond acceptors (Lipinski definition) is 4. The highest BCUT2D eigenvalue weighted by Gasteiger charge is 2.08. The Labute approximate surface area is 135 Å². The molecule has 3 N–H and O–H groups in total. The molecule has 0 fully saturated rings.